The molecular formula is C31H37ClN2O7S. The maximum Gasteiger partial charge on any atom is 0.304 e. The van der Waals surface area contributed by atoms with Crippen LogP contribution in [-0.4, -0.2) is 60.5 Å². The third-order valence-corrected chi connectivity index (χ3v) is 8.44. The van der Waals surface area contributed by atoms with Crippen LogP contribution < -0.4 is 14.4 Å². The van der Waals surface area contributed by atoms with Gasteiger partial charge in [-0.25, -0.2) is 4.98 Å². The molecule has 0 spiro atoms. The van der Waals surface area contributed by atoms with Gasteiger partial charge in [-0.15, -0.1) is 11.3 Å². The number of rotatable bonds is 11. The van der Waals surface area contributed by atoms with Crippen molar-refractivity contribution < 1.29 is 34.0 Å². The number of carboxylic acid groups (broad SMARTS) is 1. The minimum Gasteiger partial charge on any atom is -0.493 e. The standard InChI is InChI=1S/C31H37ClN2O7S/c1-30(2,17-35)16-34-21-11-10-18(32)12-20(21)27(19-8-7-9-22(39-5)28(19)40-6)41-23(29(34)38)13-25-33-24(15-42-25)31(3,4)14-26(36)37/h7-12,15,23,27,35H,13-14,16-17H2,1-6H3,(H,36,37)/t23-,27-/m1/s1. The second-order valence-electron chi connectivity index (χ2n) is 11.8. The van der Waals surface area contributed by atoms with Gasteiger partial charge in [0, 0.05) is 57.6 Å². The summed E-state index contributed by atoms with van der Waals surface area (Å²) in [6.45, 7) is 7.53. The predicted molar refractivity (Wildman–Crippen MR) is 162 cm³/mol. The monoisotopic (exact) mass is 616 g/mol. The van der Waals surface area contributed by atoms with Crippen molar-refractivity contribution in [1.29, 1.82) is 0 Å². The van der Waals surface area contributed by atoms with Crippen LogP contribution in [0, 0.1) is 5.41 Å². The molecule has 0 saturated carbocycles. The molecule has 11 heteroatoms. The summed E-state index contributed by atoms with van der Waals surface area (Å²) >= 11 is 7.86. The Kier molecular flexibility index (Phi) is 9.52. The summed E-state index contributed by atoms with van der Waals surface area (Å²) in [4.78, 5) is 32.1. The normalized spacial score (nSPS) is 17.5. The number of hydrogen-bond acceptors (Lipinski definition) is 8. The van der Waals surface area contributed by atoms with Crippen molar-refractivity contribution in [1.82, 2.24) is 4.98 Å². The summed E-state index contributed by atoms with van der Waals surface area (Å²) in [6.07, 6.45) is -1.64. The molecule has 9 nitrogen and oxygen atoms in total. The van der Waals surface area contributed by atoms with E-state index in [2.05, 4.69) is 0 Å². The molecule has 2 N–H and O–H groups in total. The fourth-order valence-corrected chi connectivity index (χ4v) is 6.25. The minimum absolute atomic E-state index is 0.0766. The highest BCUT2D eigenvalue weighted by Gasteiger charge is 2.40. The van der Waals surface area contributed by atoms with Crippen LogP contribution in [0.4, 0.5) is 5.69 Å². The zero-order valence-electron chi connectivity index (χ0n) is 24.6. The number of nitrogens with zero attached hydrogens (tertiary/aromatic N) is 2. The molecule has 0 fully saturated rings. The van der Waals surface area contributed by atoms with Gasteiger partial charge in [0.25, 0.3) is 5.91 Å². The lowest BCUT2D eigenvalue weighted by Crippen LogP contribution is -2.45. The van der Waals surface area contributed by atoms with Crippen molar-refractivity contribution in [3.05, 3.63) is 68.6 Å². The molecule has 4 rings (SSSR count). The molecule has 2 aromatic carbocycles. The van der Waals surface area contributed by atoms with Crippen molar-refractivity contribution in [2.75, 3.05) is 32.3 Å². The first-order chi connectivity index (χ1) is 19.8. The maximum atomic E-state index is 14.3. The van der Waals surface area contributed by atoms with Crippen molar-refractivity contribution in [2.45, 2.75) is 58.2 Å². The molecule has 2 heterocycles. The van der Waals surface area contributed by atoms with Gasteiger partial charge in [-0.3, -0.25) is 9.59 Å². The number of thiazole rings is 1. The number of anilines is 1. The van der Waals surface area contributed by atoms with Crippen molar-refractivity contribution in [2.24, 2.45) is 5.41 Å². The first kappa shape index (κ1) is 31.7. The zero-order chi connectivity index (χ0) is 30.8. The number of ether oxygens (including phenoxy) is 3. The number of aliphatic carboxylic acids is 1. The van der Waals surface area contributed by atoms with Crippen molar-refractivity contribution in [3.63, 3.8) is 0 Å². The van der Waals surface area contributed by atoms with E-state index in [-0.39, 0.29) is 31.9 Å². The Morgan fingerprint density at radius 3 is 2.52 bits per heavy atom. The first-order valence-electron chi connectivity index (χ1n) is 13.5. The van der Waals surface area contributed by atoms with E-state index >= 15 is 0 Å². The number of fused-ring (bicyclic) bond motifs is 1. The fraction of sp³-hybridized carbons (Fsp3) is 0.452. The van der Waals surface area contributed by atoms with Crippen LogP contribution in [-0.2, 0) is 26.2 Å². The number of carboxylic acids is 1. The molecule has 42 heavy (non-hydrogen) atoms. The van der Waals surface area contributed by atoms with E-state index in [4.69, 9.17) is 30.8 Å². The summed E-state index contributed by atoms with van der Waals surface area (Å²) in [6, 6.07) is 10.8. The average Bonchev–Trinajstić information content (AvgIpc) is 3.39. The smallest absolute Gasteiger partial charge is 0.304 e. The van der Waals surface area contributed by atoms with Crippen molar-refractivity contribution >= 4 is 40.5 Å². The molecule has 1 aliphatic heterocycles. The highest BCUT2D eigenvalue weighted by atomic mass is 35.5. The second-order valence-corrected chi connectivity index (χ2v) is 13.2. The highest BCUT2D eigenvalue weighted by Crippen LogP contribution is 2.45. The van der Waals surface area contributed by atoms with E-state index in [1.807, 2.05) is 45.2 Å². The van der Waals surface area contributed by atoms with Crippen LogP contribution in [0.15, 0.2) is 41.8 Å². The van der Waals surface area contributed by atoms with Crippen molar-refractivity contribution in [3.8, 4) is 11.5 Å². The number of aliphatic hydroxyl groups excluding tert-OH is 1. The predicted octanol–water partition coefficient (Wildman–Crippen LogP) is 5.65. The van der Waals surface area contributed by atoms with Gasteiger partial charge in [0.1, 0.15) is 12.2 Å². The van der Waals surface area contributed by atoms with E-state index in [1.165, 1.54) is 11.3 Å². The van der Waals surface area contributed by atoms with Crippen LogP contribution in [0.2, 0.25) is 5.02 Å². The maximum absolute atomic E-state index is 14.3. The quantitative estimate of drug-likeness (QED) is 0.284. The lowest BCUT2D eigenvalue weighted by atomic mass is 9.86. The lowest BCUT2D eigenvalue weighted by Gasteiger charge is -2.32. The van der Waals surface area contributed by atoms with E-state index in [9.17, 15) is 19.8 Å². The molecule has 1 aromatic heterocycles. The largest absolute Gasteiger partial charge is 0.493 e. The number of amides is 1. The Bertz CT molecular complexity index is 1450. The zero-order valence-corrected chi connectivity index (χ0v) is 26.2. The number of carbonyl (C=O) groups is 2. The summed E-state index contributed by atoms with van der Waals surface area (Å²) < 4.78 is 18.0. The van der Waals surface area contributed by atoms with Gasteiger partial charge in [-0.05, 0) is 24.3 Å². The first-order valence-corrected chi connectivity index (χ1v) is 14.8. The van der Waals surface area contributed by atoms with Gasteiger partial charge in [0.15, 0.2) is 11.5 Å². The number of hydrogen-bond donors (Lipinski definition) is 2. The van der Waals surface area contributed by atoms with Gasteiger partial charge in [0.2, 0.25) is 0 Å². The van der Waals surface area contributed by atoms with Gasteiger partial charge >= 0.3 is 5.97 Å². The van der Waals surface area contributed by atoms with Gasteiger partial charge in [-0.2, -0.15) is 0 Å². The van der Waals surface area contributed by atoms with Gasteiger partial charge in [0.05, 0.1) is 31.3 Å². The molecule has 0 radical (unpaired) electrons. The number of para-hydroxylation sites is 1. The molecule has 3 aromatic rings. The fourth-order valence-electron chi connectivity index (χ4n) is 5.05. The number of methoxy groups -OCH3 is 2. The average molecular weight is 617 g/mol. The molecule has 0 aliphatic carbocycles. The Morgan fingerprint density at radius 1 is 1.14 bits per heavy atom. The van der Waals surface area contributed by atoms with Crippen LogP contribution in [0.1, 0.15) is 62.0 Å². The molecule has 0 bridgehead atoms. The molecular weight excluding hydrogens is 580 g/mol. The van der Waals surface area contributed by atoms with E-state index in [0.29, 0.717) is 44.0 Å². The molecule has 226 valence electrons. The van der Waals surface area contributed by atoms with E-state index in [1.54, 1.807) is 43.4 Å². The minimum atomic E-state index is -0.965. The third-order valence-electron chi connectivity index (χ3n) is 7.33. The molecule has 1 aliphatic rings. The molecule has 0 unspecified atom stereocenters. The second kappa shape index (κ2) is 12.6. The number of carbonyl (C=O) groups excluding carboxylic acids is 1. The lowest BCUT2D eigenvalue weighted by molar-refractivity contribution is -0.138. The van der Waals surface area contributed by atoms with Crippen LogP contribution in [0.5, 0.6) is 11.5 Å². The van der Waals surface area contributed by atoms with E-state index < -0.39 is 29.0 Å². The van der Waals surface area contributed by atoms with Crippen LogP contribution in [0.3, 0.4) is 0 Å². The molecule has 2 atom stereocenters. The number of aliphatic hydroxyl groups is 1. The highest BCUT2D eigenvalue weighted by molar-refractivity contribution is 7.09. The van der Waals surface area contributed by atoms with Crippen LogP contribution in [0.25, 0.3) is 0 Å². The number of halogens is 1. The summed E-state index contributed by atoms with van der Waals surface area (Å²) in [5.41, 5.74) is 1.29. The topological polar surface area (TPSA) is 118 Å². The van der Waals surface area contributed by atoms with Gasteiger partial charge < -0.3 is 29.3 Å². The van der Waals surface area contributed by atoms with Crippen LogP contribution >= 0.6 is 22.9 Å². The Morgan fingerprint density at radius 2 is 1.88 bits per heavy atom. The Balaban J connectivity index is 1.85. The Labute approximate surface area is 255 Å². The summed E-state index contributed by atoms with van der Waals surface area (Å²) in [5, 5.41) is 22.4. The Hall–Kier alpha value is -3.18. The SMILES string of the molecule is COc1cccc([C@H]2O[C@H](Cc3nc(C(C)(C)CC(=O)O)cs3)C(=O)N(CC(C)(C)CO)c3ccc(Cl)cc32)c1OC. The number of benzene rings is 2. The molecule has 0 saturated heterocycles. The molecule has 1 amide bonds. The van der Waals surface area contributed by atoms with E-state index in [0.717, 1.165) is 0 Å². The number of aromatic nitrogens is 1. The summed E-state index contributed by atoms with van der Waals surface area (Å²) in [7, 11) is 3.10. The van der Waals surface area contributed by atoms with Gasteiger partial charge in [-0.1, -0.05) is 51.4 Å². The summed E-state index contributed by atoms with van der Waals surface area (Å²) in [5.74, 6) is -0.215. The third kappa shape index (κ3) is 6.72.